The van der Waals surface area contributed by atoms with Crippen LogP contribution < -0.4 is 5.32 Å². The topological polar surface area (TPSA) is 65.3 Å². The molecular formula is C12H15BrN2O2. The predicted octanol–water partition coefficient (Wildman–Crippen LogP) is 3.09. The minimum Gasteiger partial charge on any atom is -0.506 e. The van der Waals surface area contributed by atoms with Crippen molar-refractivity contribution in [3.05, 3.63) is 22.2 Å². The van der Waals surface area contributed by atoms with Crippen molar-refractivity contribution in [3.63, 3.8) is 0 Å². The minimum absolute atomic E-state index is 0.0250. The van der Waals surface area contributed by atoms with Gasteiger partial charge in [0.2, 0.25) is 0 Å². The molecule has 17 heavy (non-hydrogen) atoms. The molecule has 1 aromatic rings. The zero-order valence-electron chi connectivity index (χ0n) is 9.37. The quantitative estimate of drug-likeness (QED) is 0.751. The fraction of sp³-hybridized carbons (Fsp3) is 0.417. The second kappa shape index (κ2) is 5.51. The van der Waals surface area contributed by atoms with E-state index in [2.05, 4.69) is 21.2 Å². The predicted molar refractivity (Wildman–Crippen MR) is 70.9 cm³/mol. The first kappa shape index (κ1) is 12.4. The van der Waals surface area contributed by atoms with Crippen molar-refractivity contribution in [2.75, 3.05) is 11.9 Å². The summed E-state index contributed by atoms with van der Waals surface area (Å²) < 4.78 is 6.16. The van der Waals surface area contributed by atoms with Gasteiger partial charge in [-0.15, -0.1) is 0 Å². The molecule has 0 spiro atoms. The number of hydrogen-bond acceptors (Lipinski definition) is 4. The lowest BCUT2D eigenvalue weighted by atomic mass is 10.1. The van der Waals surface area contributed by atoms with Gasteiger partial charge in [-0.25, -0.2) is 0 Å². The van der Waals surface area contributed by atoms with Gasteiger partial charge in [-0.2, -0.15) is 0 Å². The van der Waals surface area contributed by atoms with Gasteiger partial charge in [-0.1, -0.05) is 0 Å². The third kappa shape index (κ3) is 2.79. The lowest BCUT2D eigenvalue weighted by Crippen LogP contribution is -2.27. The van der Waals surface area contributed by atoms with Crippen LogP contribution in [0.3, 0.4) is 0 Å². The lowest BCUT2D eigenvalue weighted by Gasteiger charge is -2.25. The van der Waals surface area contributed by atoms with Gasteiger partial charge >= 0.3 is 0 Å². The van der Waals surface area contributed by atoms with Crippen LogP contribution in [0.15, 0.2) is 16.6 Å². The van der Waals surface area contributed by atoms with E-state index in [-0.39, 0.29) is 12.0 Å². The first-order valence-electron chi connectivity index (χ1n) is 5.62. The van der Waals surface area contributed by atoms with E-state index < -0.39 is 0 Å². The second-order valence-corrected chi connectivity index (χ2v) is 4.86. The smallest absolute Gasteiger partial charge is 0.140 e. The number of nitrogens with one attached hydrogen (secondary N) is 2. The SMILES string of the molecule is N=Cc1c(NC2CCCCO2)ccc(Br)c1O. The van der Waals surface area contributed by atoms with Gasteiger partial charge in [-0.3, -0.25) is 0 Å². The summed E-state index contributed by atoms with van der Waals surface area (Å²) in [6.45, 7) is 0.764. The third-order valence-electron chi connectivity index (χ3n) is 2.81. The first-order chi connectivity index (χ1) is 8.22. The van der Waals surface area contributed by atoms with E-state index in [1.54, 1.807) is 6.07 Å². The normalized spacial score (nSPS) is 19.9. The lowest BCUT2D eigenvalue weighted by molar-refractivity contribution is 0.0343. The van der Waals surface area contributed by atoms with Crippen LogP contribution in [0.25, 0.3) is 0 Å². The summed E-state index contributed by atoms with van der Waals surface area (Å²) in [4.78, 5) is 0. The van der Waals surface area contributed by atoms with E-state index >= 15 is 0 Å². The molecule has 1 fully saturated rings. The van der Waals surface area contributed by atoms with Crippen molar-refractivity contribution in [2.45, 2.75) is 25.5 Å². The summed E-state index contributed by atoms with van der Waals surface area (Å²) in [7, 11) is 0. The van der Waals surface area contributed by atoms with Crippen LogP contribution in [0, 0.1) is 5.41 Å². The molecule has 0 aromatic heterocycles. The molecule has 0 saturated carbocycles. The van der Waals surface area contributed by atoms with Crippen LogP contribution in [-0.2, 0) is 4.74 Å². The number of halogens is 1. The Labute approximate surface area is 109 Å². The number of phenols is 1. The number of aromatic hydroxyl groups is 1. The van der Waals surface area contributed by atoms with Gasteiger partial charge in [0, 0.05) is 18.5 Å². The molecule has 0 bridgehead atoms. The highest BCUT2D eigenvalue weighted by molar-refractivity contribution is 9.10. The maximum atomic E-state index is 9.83. The molecular weight excluding hydrogens is 284 g/mol. The molecule has 0 amide bonds. The molecule has 2 rings (SSSR count). The van der Waals surface area contributed by atoms with Gasteiger partial charge in [-0.05, 0) is 47.3 Å². The minimum atomic E-state index is -0.0250. The standard InChI is InChI=1S/C12H15BrN2O2/c13-9-4-5-10(8(7-14)12(9)16)15-11-3-1-2-6-17-11/h4-5,7,11,14-16H,1-3,6H2. The van der Waals surface area contributed by atoms with Gasteiger partial charge in [0.05, 0.1) is 10.0 Å². The van der Waals surface area contributed by atoms with Gasteiger partial charge < -0.3 is 20.6 Å². The van der Waals surface area contributed by atoms with Gasteiger partial charge in [0.1, 0.15) is 12.0 Å². The van der Waals surface area contributed by atoms with Crippen LogP contribution in [0.5, 0.6) is 5.75 Å². The molecule has 0 radical (unpaired) electrons. The highest BCUT2D eigenvalue weighted by atomic mass is 79.9. The number of anilines is 1. The van der Waals surface area contributed by atoms with Crippen molar-refractivity contribution in [3.8, 4) is 5.75 Å². The number of ether oxygens (including phenoxy) is 1. The summed E-state index contributed by atoms with van der Waals surface area (Å²) in [5.74, 6) is 0.0841. The molecule has 5 heteroatoms. The molecule has 4 nitrogen and oxygen atoms in total. The van der Waals surface area contributed by atoms with E-state index in [9.17, 15) is 5.11 Å². The molecule has 1 aromatic carbocycles. The van der Waals surface area contributed by atoms with Crippen molar-refractivity contribution < 1.29 is 9.84 Å². The van der Waals surface area contributed by atoms with Crippen LogP contribution in [0.4, 0.5) is 5.69 Å². The molecule has 1 heterocycles. The summed E-state index contributed by atoms with van der Waals surface area (Å²) in [6, 6.07) is 3.59. The van der Waals surface area contributed by atoms with E-state index in [1.165, 1.54) is 0 Å². The molecule has 3 N–H and O–H groups in total. The molecule has 0 aliphatic carbocycles. The summed E-state index contributed by atoms with van der Waals surface area (Å²) in [5, 5.41) is 20.4. The van der Waals surface area contributed by atoms with Gasteiger partial charge in [0.15, 0.2) is 0 Å². The van der Waals surface area contributed by atoms with Crippen LogP contribution in [-0.4, -0.2) is 24.2 Å². The molecule has 92 valence electrons. The van der Waals surface area contributed by atoms with E-state index in [0.717, 1.165) is 37.8 Å². The highest BCUT2D eigenvalue weighted by Gasteiger charge is 2.16. The third-order valence-corrected chi connectivity index (χ3v) is 3.45. The zero-order chi connectivity index (χ0) is 12.3. The summed E-state index contributed by atoms with van der Waals surface area (Å²) >= 11 is 3.23. The zero-order valence-corrected chi connectivity index (χ0v) is 11.0. The Morgan fingerprint density at radius 3 is 2.94 bits per heavy atom. The Morgan fingerprint density at radius 2 is 2.29 bits per heavy atom. The number of phenolic OH excluding ortho intramolecular Hbond substituents is 1. The van der Waals surface area contributed by atoms with Crippen molar-refractivity contribution in [2.24, 2.45) is 0 Å². The maximum Gasteiger partial charge on any atom is 0.140 e. The molecule has 1 atom stereocenters. The first-order valence-corrected chi connectivity index (χ1v) is 6.41. The second-order valence-electron chi connectivity index (χ2n) is 4.00. The van der Waals surface area contributed by atoms with E-state index in [4.69, 9.17) is 10.1 Å². The van der Waals surface area contributed by atoms with Crippen LogP contribution >= 0.6 is 15.9 Å². The number of benzene rings is 1. The molecule has 1 aliphatic heterocycles. The number of hydrogen-bond donors (Lipinski definition) is 3. The Balaban J connectivity index is 2.19. The fourth-order valence-corrected chi connectivity index (χ4v) is 2.23. The Morgan fingerprint density at radius 1 is 1.47 bits per heavy atom. The average Bonchev–Trinajstić information content (AvgIpc) is 2.36. The van der Waals surface area contributed by atoms with Gasteiger partial charge in [0.25, 0.3) is 0 Å². The fourth-order valence-electron chi connectivity index (χ4n) is 1.88. The van der Waals surface area contributed by atoms with E-state index in [0.29, 0.717) is 10.0 Å². The highest BCUT2D eigenvalue weighted by Crippen LogP contribution is 2.32. The molecule has 1 unspecified atom stereocenters. The Hall–Kier alpha value is -1.07. The maximum absolute atomic E-state index is 9.83. The summed E-state index contributed by atoms with van der Waals surface area (Å²) in [5.41, 5.74) is 1.21. The van der Waals surface area contributed by atoms with Crippen molar-refractivity contribution >= 4 is 27.8 Å². The van der Waals surface area contributed by atoms with Crippen molar-refractivity contribution in [1.82, 2.24) is 0 Å². The monoisotopic (exact) mass is 298 g/mol. The Kier molecular flexibility index (Phi) is 4.02. The van der Waals surface area contributed by atoms with Crippen LogP contribution in [0.1, 0.15) is 24.8 Å². The largest absolute Gasteiger partial charge is 0.506 e. The average molecular weight is 299 g/mol. The van der Waals surface area contributed by atoms with E-state index in [1.807, 2.05) is 6.07 Å². The molecule has 1 aliphatic rings. The summed E-state index contributed by atoms with van der Waals surface area (Å²) in [6.07, 6.45) is 4.31. The molecule has 1 saturated heterocycles. The van der Waals surface area contributed by atoms with Crippen molar-refractivity contribution in [1.29, 1.82) is 5.41 Å². The van der Waals surface area contributed by atoms with Crippen LogP contribution in [0.2, 0.25) is 0 Å². The Bertz CT molecular complexity index is 417. The number of rotatable bonds is 3.